The Balaban J connectivity index is 2.05. The summed E-state index contributed by atoms with van der Waals surface area (Å²) in [5.74, 6) is 1.12. The highest BCUT2D eigenvalue weighted by atomic mass is 32.2. The second-order valence-corrected chi connectivity index (χ2v) is 4.63. The summed E-state index contributed by atoms with van der Waals surface area (Å²) in [6.07, 6.45) is 2.10. The molecule has 3 nitrogen and oxygen atoms in total. The monoisotopic (exact) mass is 205 g/mol. The van der Waals surface area contributed by atoms with E-state index in [-0.39, 0.29) is 0 Å². The smallest absolute Gasteiger partial charge is 0.0600 e. The van der Waals surface area contributed by atoms with Crippen LogP contribution in [0.4, 0.5) is 0 Å². The number of nitrogens with two attached hydrogens (primary N) is 1. The number of hydrogen-bond donors (Lipinski definition) is 1. The van der Waals surface area contributed by atoms with Gasteiger partial charge in [-0.25, -0.2) is 0 Å². The molecule has 0 aromatic heterocycles. The van der Waals surface area contributed by atoms with Gasteiger partial charge in [0.2, 0.25) is 0 Å². The maximum Gasteiger partial charge on any atom is 0.0600 e. The molecule has 2 N–H and O–H groups in total. The lowest BCUT2D eigenvalue weighted by Crippen LogP contribution is -2.41. The van der Waals surface area contributed by atoms with Gasteiger partial charge in [-0.15, -0.1) is 0 Å². The third kappa shape index (κ3) is 4.31. The number of ether oxygens (including phenoxy) is 2. The van der Waals surface area contributed by atoms with Crippen LogP contribution >= 0.6 is 11.8 Å². The molecule has 1 saturated heterocycles. The molecule has 2 unspecified atom stereocenters. The Kier molecular flexibility index (Phi) is 5.78. The molecule has 1 aliphatic heterocycles. The second kappa shape index (κ2) is 6.65. The summed E-state index contributed by atoms with van der Waals surface area (Å²) < 4.78 is 10.4. The van der Waals surface area contributed by atoms with E-state index in [0.717, 1.165) is 38.4 Å². The van der Waals surface area contributed by atoms with Gasteiger partial charge in [-0.2, -0.15) is 11.8 Å². The third-order valence-corrected chi connectivity index (χ3v) is 3.62. The fraction of sp³-hybridized carbons (Fsp3) is 1.00. The molecule has 0 aromatic rings. The summed E-state index contributed by atoms with van der Waals surface area (Å²) in [4.78, 5) is 0. The summed E-state index contributed by atoms with van der Waals surface area (Å²) in [6.45, 7) is 2.49. The van der Waals surface area contributed by atoms with Crippen LogP contribution in [0, 0.1) is 0 Å². The summed E-state index contributed by atoms with van der Waals surface area (Å²) in [6, 6.07) is 0.321. The van der Waals surface area contributed by atoms with Crippen molar-refractivity contribution in [3.05, 3.63) is 0 Å². The standard InChI is InChI=1S/C9H19NO2S/c1-11-4-2-6-13-9-7-12-5-3-8(9)10/h8-9H,2-7,10H2,1H3. The molecular weight excluding hydrogens is 186 g/mol. The molecular formula is C9H19NO2S. The van der Waals surface area contributed by atoms with Crippen LogP contribution in [0.15, 0.2) is 0 Å². The fourth-order valence-electron chi connectivity index (χ4n) is 1.34. The van der Waals surface area contributed by atoms with Crippen LogP contribution in [0.3, 0.4) is 0 Å². The minimum Gasteiger partial charge on any atom is -0.385 e. The van der Waals surface area contributed by atoms with Crippen molar-refractivity contribution < 1.29 is 9.47 Å². The topological polar surface area (TPSA) is 44.5 Å². The molecule has 78 valence electrons. The minimum atomic E-state index is 0.321. The summed E-state index contributed by atoms with van der Waals surface area (Å²) in [5.41, 5.74) is 5.96. The van der Waals surface area contributed by atoms with E-state index in [2.05, 4.69) is 0 Å². The van der Waals surface area contributed by atoms with Gasteiger partial charge in [0.1, 0.15) is 0 Å². The highest BCUT2D eigenvalue weighted by Gasteiger charge is 2.22. The molecule has 0 spiro atoms. The third-order valence-electron chi connectivity index (χ3n) is 2.18. The van der Waals surface area contributed by atoms with Gasteiger partial charge >= 0.3 is 0 Å². The van der Waals surface area contributed by atoms with Crippen LogP contribution in [0.25, 0.3) is 0 Å². The lowest BCUT2D eigenvalue weighted by atomic mass is 10.1. The molecule has 4 heteroatoms. The van der Waals surface area contributed by atoms with Crippen molar-refractivity contribution in [2.45, 2.75) is 24.1 Å². The van der Waals surface area contributed by atoms with Gasteiger partial charge < -0.3 is 15.2 Å². The van der Waals surface area contributed by atoms with E-state index in [0.29, 0.717) is 11.3 Å². The number of hydrogen-bond acceptors (Lipinski definition) is 4. The molecule has 1 rings (SSSR count). The Morgan fingerprint density at radius 2 is 2.46 bits per heavy atom. The molecule has 13 heavy (non-hydrogen) atoms. The molecule has 1 fully saturated rings. The van der Waals surface area contributed by atoms with Crippen LogP contribution in [-0.2, 0) is 9.47 Å². The quantitative estimate of drug-likeness (QED) is 0.677. The Morgan fingerprint density at radius 3 is 3.15 bits per heavy atom. The Bertz CT molecular complexity index is 135. The van der Waals surface area contributed by atoms with Crippen molar-refractivity contribution in [2.24, 2.45) is 5.73 Å². The first-order valence-electron chi connectivity index (χ1n) is 4.78. The molecule has 0 bridgehead atoms. The predicted octanol–water partition coefficient (Wildman–Crippen LogP) is 0.872. The highest BCUT2D eigenvalue weighted by molar-refractivity contribution is 8.00. The van der Waals surface area contributed by atoms with E-state index in [4.69, 9.17) is 15.2 Å². The molecule has 2 atom stereocenters. The average Bonchev–Trinajstić information content (AvgIpc) is 2.15. The van der Waals surface area contributed by atoms with Crippen LogP contribution in [0.1, 0.15) is 12.8 Å². The van der Waals surface area contributed by atoms with Crippen LogP contribution in [0.2, 0.25) is 0 Å². The Hall–Kier alpha value is 0.230. The highest BCUT2D eigenvalue weighted by Crippen LogP contribution is 2.20. The molecule has 0 amide bonds. The summed E-state index contributed by atoms with van der Waals surface area (Å²) in [5, 5.41) is 0.491. The SMILES string of the molecule is COCCCSC1COCCC1N. The molecule has 0 aliphatic carbocycles. The zero-order chi connectivity index (χ0) is 9.52. The fourth-order valence-corrected chi connectivity index (χ4v) is 2.50. The summed E-state index contributed by atoms with van der Waals surface area (Å²) >= 11 is 1.92. The lowest BCUT2D eigenvalue weighted by molar-refractivity contribution is 0.0915. The van der Waals surface area contributed by atoms with Crippen molar-refractivity contribution in [1.29, 1.82) is 0 Å². The van der Waals surface area contributed by atoms with E-state index in [9.17, 15) is 0 Å². The van der Waals surface area contributed by atoms with Crippen molar-refractivity contribution in [2.75, 3.05) is 32.7 Å². The van der Waals surface area contributed by atoms with E-state index < -0.39 is 0 Å². The first-order valence-corrected chi connectivity index (χ1v) is 5.83. The Morgan fingerprint density at radius 1 is 1.62 bits per heavy atom. The zero-order valence-corrected chi connectivity index (χ0v) is 9.02. The van der Waals surface area contributed by atoms with Crippen LogP contribution in [0.5, 0.6) is 0 Å². The Labute approximate surface area is 84.3 Å². The number of methoxy groups -OCH3 is 1. The molecule has 0 saturated carbocycles. The second-order valence-electron chi connectivity index (χ2n) is 3.28. The largest absolute Gasteiger partial charge is 0.385 e. The maximum absolute atomic E-state index is 5.96. The average molecular weight is 205 g/mol. The molecule has 1 aliphatic rings. The molecule has 0 radical (unpaired) electrons. The van der Waals surface area contributed by atoms with E-state index in [1.54, 1.807) is 7.11 Å². The van der Waals surface area contributed by atoms with Crippen LogP contribution < -0.4 is 5.73 Å². The van der Waals surface area contributed by atoms with E-state index >= 15 is 0 Å². The minimum absolute atomic E-state index is 0.321. The van der Waals surface area contributed by atoms with Gasteiger partial charge in [0.15, 0.2) is 0 Å². The predicted molar refractivity (Wildman–Crippen MR) is 56.2 cm³/mol. The maximum atomic E-state index is 5.96. The van der Waals surface area contributed by atoms with E-state index in [1.807, 2.05) is 11.8 Å². The van der Waals surface area contributed by atoms with Gasteiger partial charge in [0, 0.05) is 31.6 Å². The zero-order valence-electron chi connectivity index (χ0n) is 8.20. The van der Waals surface area contributed by atoms with Gasteiger partial charge in [-0.05, 0) is 18.6 Å². The van der Waals surface area contributed by atoms with E-state index in [1.165, 1.54) is 0 Å². The lowest BCUT2D eigenvalue weighted by Gasteiger charge is -2.28. The van der Waals surface area contributed by atoms with Gasteiger partial charge in [0.25, 0.3) is 0 Å². The van der Waals surface area contributed by atoms with Crippen molar-refractivity contribution in [3.63, 3.8) is 0 Å². The summed E-state index contributed by atoms with van der Waals surface area (Å²) in [7, 11) is 1.74. The van der Waals surface area contributed by atoms with Gasteiger partial charge in [-0.3, -0.25) is 0 Å². The number of rotatable bonds is 5. The van der Waals surface area contributed by atoms with Crippen molar-refractivity contribution in [3.8, 4) is 0 Å². The van der Waals surface area contributed by atoms with Gasteiger partial charge in [0.05, 0.1) is 6.61 Å². The number of thioether (sulfide) groups is 1. The molecule has 0 aromatic carbocycles. The normalized spacial score (nSPS) is 29.1. The first kappa shape index (κ1) is 11.3. The first-order chi connectivity index (χ1) is 6.34. The van der Waals surface area contributed by atoms with Gasteiger partial charge in [-0.1, -0.05) is 0 Å². The van der Waals surface area contributed by atoms with Crippen molar-refractivity contribution in [1.82, 2.24) is 0 Å². The van der Waals surface area contributed by atoms with Crippen molar-refractivity contribution >= 4 is 11.8 Å². The molecule has 1 heterocycles. The van der Waals surface area contributed by atoms with Crippen LogP contribution in [-0.4, -0.2) is 44.0 Å².